The normalized spacial score (nSPS) is 38.9. The van der Waals surface area contributed by atoms with Crippen LogP contribution in [0.3, 0.4) is 0 Å². The van der Waals surface area contributed by atoms with Gasteiger partial charge in [0.25, 0.3) is 0 Å². The molecule has 0 radical (unpaired) electrons. The molecule has 4 aliphatic carbocycles. The molecule has 1 saturated heterocycles. The molecule has 5 rings (SSSR count). The van der Waals surface area contributed by atoms with E-state index in [9.17, 15) is 4.79 Å². The van der Waals surface area contributed by atoms with Gasteiger partial charge in [0.1, 0.15) is 0 Å². The standard InChI is InChI=1S/C20H34N2O3/c1-22(19(23)21-4-6-24-13-18-3-2-5-25-18)14-20-10-15-7-16(11-20)9-17(8-15)12-20/h15-18H,2-14H2,1H3,(H,21,23). The molecule has 1 unspecified atom stereocenters. The van der Waals surface area contributed by atoms with Crippen LogP contribution in [0.25, 0.3) is 0 Å². The molecule has 142 valence electrons. The highest BCUT2D eigenvalue weighted by Crippen LogP contribution is 2.60. The van der Waals surface area contributed by atoms with Crippen molar-refractivity contribution >= 4 is 6.03 Å². The molecule has 0 spiro atoms. The summed E-state index contributed by atoms with van der Waals surface area (Å²) in [4.78, 5) is 14.3. The van der Waals surface area contributed by atoms with Crippen molar-refractivity contribution in [3.8, 4) is 0 Å². The average molecular weight is 351 g/mol. The number of nitrogens with one attached hydrogen (secondary N) is 1. The number of carbonyl (C=O) groups is 1. The molecule has 25 heavy (non-hydrogen) atoms. The van der Waals surface area contributed by atoms with Crippen molar-refractivity contribution in [2.45, 2.75) is 57.5 Å². The predicted octanol–water partition coefficient (Wildman–Crippen LogP) is 3.04. The van der Waals surface area contributed by atoms with Gasteiger partial charge in [-0.2, -0.15) is 0 Å². The third-order valence-electron chi connectivity index (χ3n) is 6.93. The number of urea groups is 1. The van der Waals surface area contributed by atoms with Crippen LogP contribution in [0.4, 0.5) is 4.79 Å². The van der Waals surface area contributed by atoms with E-state index in [1.54, 1.807) is 0 Å². The zero-order valence-electron chi connectivity index (χ0n) is 15.7. The van der Waals surface area contributed by atoms with Gasteiger partial charge < -0.3 is 19.7 Å². The minimum absolute atomic E-state index is 0.0523. The van der Waals surface area contributed by atoms with Gasteiger partial charge in [0.05, 0.1) is 19.3 Å². The molecule has 0 aromatic carbocycles. The van der Waals surface area contributed by atoms with Crippen LogP contribution in [0.5, 0.6) is 0 Å². The number of hydrogen-bond acceptors (Lipinski definition) is 3. The van der Waals surface area contributed by atoms with Gasteiger partial charge in [-0.05, 0) is 74.5 Å². The molecular formula is C20H34N2O3. The van der Waals surface area contributed by atoms with E-state index in [0.717, 1.165) is 43.7 Å². The van der Waals surface area contributed by atoms with Gasteiger partial charge in [0, 0.05) is 26.7 Å². The number of carbonyl (C=O) groups excluding carboxylic acids is 1. The van der Waals surface area contributed by atoms with Crippen molar-refractivity contribution in [3.05, 3.63) is 0 Å². The maximum Gasteiger partial charge on any atom is 0.317 e. The lowest BCUT2D eigenvalue weighted by atomic mass is 9.49. The van der Waals surface area contributed by atoms with Crippen LogP contribution in [0.15, 0.2) is 0 Å². The Morgan fingerprint density at radius 1 is 1.20 bits per heavy atom. The Labute approximate surface area is 151 Å². The minimum Gasteiger partial charge on any atom is -0.377 e. The SMILES string of the molecule is CN(CC12CC3CC(CC(C3)C1)C2)C(=O)NCCOCC1CCCO1. The average Bonchev–Trinajstić information content (AvgIpc) is 3.06. The zero-order valence-corrected chi connectivity index (χ0v) is 15.7. The van der Waals surface area contributed by atoms with Gasteiger partial charge in [-0.3, -0.25) is 0 Å². The Bertz CT molecular complexity index is 440. The molecule has 1 N–H and O–H groups in total. The Morgan fingerprint density at radius 3 is 2.48 bits per heavy atom. The van der Waals surface area contributed by atoms with E-state index in [1.807, 2.05) is 11.9 Å². The second kappa shape index (κ2) is 7.43. The van der Waals surface area contributed by atoms with Crippen LogP contribution >= 0.6 is 0 Å². The van der Waals surface area contributed by atoms with E-state index in [0.29, 0.717) is 25.2 Å². The molecule has 5 nitrogen and oxygen atoms in total. The van der Waals surface area contributed by atoms with Crippen molar-refractivity contribution in [1.82, 2.24) is 10.2 Å². The van der Waals surface area contributed by atoms with Gasteiger partial charge in [-0.25, -0.2) is 4.79 Å². The Balaban J connectivity index is 1.16. The summed E-state index contributed by atoms with van der Waals surface area (Å²) in [7, 11) is 1.96. The molecule has 5 aliphatic rings. The quantitative estimate of drug-likeness (QED) is 0.718. The molecule has 4 saturated carbocycles. The minimum atomic E-state index is 0.0523. The molecule has 5 heteroatoms. The second-order valence-electron chi connectivity index (χ2n) is 9.22. The van der Waals surface area contributed by atoms with Crippen LogP contribution < -0.4 is 5.32 Å². The van der Waals surface area contributed by atoms with Crippen molar-refractivity contribution < 1.29 is 14.3 Å². The molecule has 2 amide bonds. The lowest BCUT2D eigenvalue weighted by molar-refractivity contribution is -0.0616. The van der Waals surface area contributed by atoms with Gasteiger partial charge >= 0.3 is 6.03 Å². The summed E-state index contributed by atoms with van der Waals surface area (Å²) in [5.41, 5.74) is 0.414. The highest BCUT2D eigenvalue weighted by molar-refractivity contribution is 5.73. The van der Waals surface area contributed by atoms with Crippen molar-refractivity contribution in [1.29, 1.82) is 0 Å². The number of nitrogens with zero attached hydrogens (tertiary/aromatic N) is 1. The lowest BCUT2D eigenvalue weighted by Crippen LogP contribution is -2.52. The zero-order chi connectivity index (χ0) is 17.3. The summed E-state index contributed by atoms with van der Waals surface area (Å²) in [5, 5.41) is 3.01. The maximum atomic E-state index is 12.4. The molecule has 5 fully saturated rings. The highest BCUT2D eigenvalue weighted by Gasteiger charge is 2.51. The van der Waals surface area contributed by atoms with E-state index >= 15 is 0 Å². The van der Waals surface area contributed by atoms with Crippen molar-refractivity contribution in [3.63, 3.8) is 0 Å². The summed E-state index contributed by atoms with van der Waals surface area (Å²) in [5.74, 6) is 2.82. The van der Waals surface area contributed by atoms with Gasteiger partial charge in [0.15, 0.2) is 0 Å². The first-order valence-electron chi connectivity index (χ1n) is 10.3. The van der Waals surface area contributed by atoms with Gasteiger partial charge in [-0.1, -0.05) is 0 Å². The highest BCUT2D eigenvalue weighted by atomic mass is 16.5. The predicted molar refractivity (Wildman–Crippen MR) is 96.4 cm³/mol. The van der Waals surface area contributed by atoms with E-state index in [2.05, 4.69) is 5.32 Å². The van der Waals surface area contributed by atoms with Crippen LogP contribution in [-0.2, 0) is 9.47 Å². The molecule has 0 aromatic heterocycles. The Kier molecular flexibility index (Phi) is 5.23. The third kappa shape index (κ3) is 4.13. The van der Waals surface area contributed by atoms with E-state index in [-0.39, 0.29) is 12.1 Å². The van der Waals surface area contributed by atoms with E-state index in [1.165, 1.54) is 38.5 Å². The van der Waals surface area contributed by atoms with Gasteiger partial charge in [0.2, 0.25) is 0 Å². The van der Waals surface area contributed by atoms with Crippen LogP contribution in [0.2, 0.25) is 0 Å². The molecule has 0 aromatic rings. The Morgan fingerprint density at radius 2 is 1.88 bits per heavy atom. The molecule has 1 aliphatic heterocycles. The van der Waals surface area contributed by atoms with E-state index < -0.39 is 0 Å². The first-order valence-corrected chi connectivity index (χ1v) is 10.3. The second-order valence-corrected chi connectivity index (χ2v) is 9.22. The first kappa shape index (κ1) is 17.6. The van der Waals surface area contributed by atoms with Crippen molar-refractivity contribution in [2.24, 2.45) is 23.2 Å². The van der Waals surface area contributed by atoms with Crippen LogP contribution in [0, 0.1) is 23.2 Å². The number of rotatable bonds is 7. The summed E-state index contributed by atoms with van der Waals surface area (Å²) in [6.45, 7) is 3.59. The number of hydrogen-bond donors (Lipinski definition) is 1. The summed E-state index contributed by atoms with van der Waals surface area (Å²) in [6.07, 6.45) is 10.9. The third-order valence-corrected chi connectivity index (χ3v) is 6.93. The fourth-order valence-corrected chi connectivity index (χ4v) is 6.41. The fraction of sp³-hybridized carbons (Fsp3) is 0.950. The van der Waals surface area contributed by atoms with Gasteiger partial charge in [-0.15, -0.1) is 0 Å². The summed E-state index contributed by atoms with van der Waals surface area (Å²) < 4.78 is 11.2. The van der Waals surface area contributed by atoms with Crippen LogP contribution in [0.1, 0.15) is 51.4 Å². The molecule has 1 atom stereocenters. The van der Waals surface area contributed by atoms with Crippen LogP contribution in [-0.4, -0.2) is 57.0 Å². The largest absolute Gasteiger partial charge is 0.377 e. The monoisotopic (exact) mass is 350 g/mol. The Hall–Kier alpha value is -0.810. The lowest BCUT2D eigenvalue weighted by Gasteiger charge is -2.57. The topological polar surface area (TPSA) is 50.8 Å². The van der Waals surface area contributed by atoms with E-state index in [4.69, 9.17) is 9.47 Å². The maximum absolute atomic E-state index is 12.4. The fourth-order valence-electron chi connectivity index (χ4n) is 6.41. The first-order chi connectivity index (χ1) is 12.1. The summed E-state index contributed by atoms with van der Waals surface area (Å²) >= 11 is 0. The summed E-state index contributed by atoms with van der Waals surface area (Å²) in [6, 6.07) is 0.0523. The molecular weight excluding hydrogens is 316 g/mol. The number of amides is 2. The molecule has 4 bridgehead atoms. The molecule has 1 heterocycles. The number of ether oxygens (including phenoxy) is 2. The van der Waals surface area contributed by atoms with Crippen molar-refractivity contribution in [2.75, 3.05) is 40.0 Å². The smallest absolute Gasteiger partial charge is 0.317 e.